The van der Waals surface area contributed by atoms with Gasteiger partial charge in [0.15, 0.2) is 0 Å². The molecule has 0 heterocycles. The van der Waals surface area contributed by atoms with Crippen molar-refractivity contribution >= 4 is 6.75 Å². The first-order chi connectivity index (χ1) is 8.75. The zero-order valence-electron chi connectivity index (χ0n) is 13.8. The van der Waals surface area contributed by atoms with E-state index in [4.69, 9.17) is 14.0 Å². The number of rotatable bonds is 7. The highest BCUT2D eigenvalue weighted by Crippen LogP contribution is 2.44. The molecule has 19 heavy (non-hydrogen) atoms. The number of hydrogen-bond acceptors (Lipinski definition) is 3. The average molecular weight is 271 g/mol. The minimum Gasteiger partial charge on any atom is -0.542 e. The van der Waals surface area contributed by atoms with Crippen molar-refractivity contribution in [2.45, 2.75) is 91.9 Å². The highest BCUT2D eigenvalue weighted by molar-refractivity contribution is 6.62. The molecule has 1 rings (SSSR count). The van der Waals surface area contributed by atoms with Crippen molar-refractivity contribution in [3.63, 3.8) is 0 Å². The Morgan fingerprint density at radius 1 is 0.789 bits per heavy atom. The summed E-state index contributed by atoms with van der Waals surface area (Å²) in [6.07, 6.45) is 3.90. The molecule has 0 bridgehead atoms. The molecule has 2 unspecified atom stereocenters. The quantitative estimate of drug-likeness (QED) is 0.643. The second-order valence-corrected chi connectivity index (χ2v) is 6.93. The van der Waals surface area contributed by atoms with Crippen LogP contribution in [0.1, 0.15) is 67.7 Å². The van der Waals surface area contributed by atoms with Crippen LogP contribution in [0.15, 0.2) is 0 Å². The van der Waals surface area contributed by atoms with Gasteiger partial charge in [-0.1, -0.05) is 32.0 Å². The lowest BCUT2D eigenvalue weighted by Gasteiger charge is -2.50. The van der Waals surface area contributed by atoms with E-state index < -0.39 is 6.75 Å². The predicted molar refractivity (Wildman–Crippen MR) is 81.2 cm³/mol. The largest absolute Gasteiger partial charge is 0.542 e. The summed E-state index contributed by atoms with van der Waals surface area (Å²) in [5.74, 6) is 1.13. The van der Waals surface area contributed by atoms with Gasteiger partial charge >= 0.3 is 6.75 Å². The molecule has 0 spiro atoms. The molecule has 0 aromatic rings. The monoisotopic (exact) mass is 271 g/mol. The fraction of sp³-hybridized carbons (Fsp3) is 1.00. The summed E-state index contributed by atoms with van der Waals surface area (Å²) in [5.41, 5.74) is 0. The molecule has 0 aliphatic heterocycles. The summed E-state index contributed by atoms with van der Waals surface area (Å²) in [4.78, 5) is 0. The molecular weight excluding hydrogens is 239 g/mol. The van der Waals surface area contributed by atoms with Gasteiger partial charge in [-0.25, -0.2) is 0 Å². The van der Waals surface area contributed by atoms with Crippen LogP contribution in [0, 0.1) is 5.92 Å². The fourth-order valence-electron chi connectivity index (χ4n) is 3.19. The van der Waals surface area contributed by atoms with Crippen molar-refractivity contribution in [1.29, 1.82) is 0 Å². The van der Waals surface area contributed by atoms with Gasteiger partial charge in [-0.15, -0.1) is 0 Å². The average Bonchev–Trinajstić information content (AvgIpc) is 2.61. The SMILES string of the molecule is CC1CCC([B-](OC(C)C)(OC(C)C)OC(C)C)C1. The lowest BCUT2D eigenvalue weighted by molar-refractivity contribution is -0.00494. The second kappa shape index (κ2) is 7.10. The van der Waals surface area contributed by atoms with Gasteiger partial charge in [0.2, 0.25) is 0 Å². The lowest BCUT2D eigenvalue weighted by Crippen LogP contribution is -2.54. The van der Waals surface area contributed by atoms with Crippen LogP contribution in [-0.4, -0.2) is 25.1 Å². The molecule has 114 valence electrons. The van der Waals surface area contributed by atoms with Crippen LogP contribution < -0.4 is 0 Å². The van der Waals surface area contributed by atoms with E-state index in [1.54, 1.807) is 0 Å². The van der Waals surface area contributed by atoms with Gasteiger partial charge in [0.1, 0.15) is 0 Å². The second-order valence-electron chi connectivity index (χ2n) is 6.93. The van der Waals surface area contributed by atoms with Gasteiger partial charge in [0.25, 0.3) is 0 Å². The van der Waals surface area contributed by atoms with Crippen molar-refractivity contribution in [2.24, 2.45) is 5.92 Å². The van der Waals surface area contributed by atoms with E-state index in [0.717, 1.165) is 18.8 Å². The molecule has 3 nitrogen and oxygen atoms in total. The fourth-order valence-corrected chi connectivity index (χ4v) is 3.19. The Hall–Kier alpha value is -0.0551. The van der Waals surface area contributed by atoms with Crippen molar-refractivity contribution in [3.8, 4) is 0 Å². The van der Waals surface area contributed by atoms with Gasteiger partial charge in [-0.3, -0.25) is 0 Å². The van der Waals surface area contributed by atoms with Gasteiger partial charge in [-0.2, -0.15) is 0 Å². The minimum absolute atomic E-state index is 0.119. The van der Waals surface area contributed by atoms with Crippen molar-refractivity contribution in [2.75, 3.05) is 0 Å². The maximum absolute atomic E-state index is 6.21. The van der Waals surface area contributed by atoms with Crippen LogP contribution in [-0.2, 0) is 14.0 Å². The van der Waals surface area contributed by atoms with E-state index in [2.05, 4.69) is 48.5 Å². The third-order valence-electron chi connectivity index (χ3n) is 3.70. The number of hydrogen-bond donors (Lipinski definition) is 0. The third kappa shape index (κ3) is 5.09. The van der Waals surface area contributed by atoms with E-state index >= 15 is 0 Å². The molecule has 0 saturated heterocycles. The van der Waals surface area contributed by atoms with Crippen LogP contribution in [0.25, 0.3) is 0 Å². The predicted octanol–water partition coefficient (Wildman–Crippen LogP) is 4.39. The van der Waals surface area contributed by atoms with Crippen LogP contribution in [0.4, 0.5) is 0 Å². The molecule has 0 aromatic heterocycles. The Morgan fingerprint density at radius 2 is 1.21 bits per heavy atom. The minimum atomic E-state index is -1.65. The molecule has 0 aromatic carbocycles. The Kier molecular flexibility index (Phi) is 6.35. The zero-order chi connectivity index (χ0) is 14.6. The van der Waals surface area contributed by atoms with Crippen LogP contribution >= 0.6 is 0 Å². The molecule has 2 atom stereocenters. The summed E-state index contributed by atoms with van der Waals surface area (Å²) in [6, 6.07) is 0. The van der Waals surface area contributed by atoms with E-state index in [-0.39, 0.29) is 18.3 Å². The first-order valence-corrected chi connectivity index (χ1v) is 7.92. The summed E-state index contributed by atoms with van der Waals surface area (Å²) in [5, 5.41) is 0. The van der Waals surface area contributed by atoms with Crippen LogP contribution in [0.3, 0.4) is 0 Å². The highest BCUT2D eigenvalue weighted by atomic mass is 16.8. The normalized spacial score (nSPS) is 24.9. The molecular formula is C15H32BO3-. The molecule has 1 fully saturated rings. The Balaban J connectivity index is 2.94. The first kappa shape index (κ1) is 17.0. The van der Waals surface area contributed by atoms with Gasteiger partial charge < -0.3 is 14.0 Å². The third-order valence-corrected chi connectivity index (χ3v) is 3.70. The Bertz CT molecular complexity index is 240. The Morgan fingerprint density at radius 3 is 1.47 bits per heavy atom. The molecule has 0 radical (unpaired) electrons. The summed E-state index contributed by atoms with van der Waals surface area (Å²) < 4.78 is 18.6. The van der Waals surface area contributed by atoms with Gasteiger partial charge in [-0.05, 0) is 47.5 Å². The van der Waals surface area contributed by atoms with Crippen LogP contribution in [0.2, 0.25) is 5.82 Å². The van der Waals surface area contributed by atoms with E-state index in [0.29, 0.717) is 5.82 Å². The van der Waals surface area contributed by atoms with E-state index in [1.165, 1.54) is 6.42 Å². The lowest BCUT2D eigenvalue weighted by atomic mass is 9.60. The van der Waals surface area contributed by atoms with E-state index in [9.17, 15) is 0 Å². The van der Waals surface area contributed by atoms with Gasteiger partial charge in [0.05, 0.1) is 0 Å². The topological polar surface area (TPSA) is 27.7 Å². The molecule has 0 N–H and O–H groups in total. The molecule has 4 heteroatoms. The standard InChI is InChI=1S/C15H32BO3/c1-11(2)17-16(18-12(3)4,19-13(5)6)15-9-8-14(7)10-15/h11-15H,8-10H2,1-7H3/q-1. The summed E-state index contributed by atoms with van der Waals surface area (Å²) in [7, 11) is 0. The molecule has 1 aliphatic rings. The summed E-state index contributed by atoms with van der Waals surface area (Å²) >= 11 is 0. The maximum atomic E-state index is 6.21. The smallest absolute Gasteiger partial charge is 0.382 e. The van der Waals surface area contributed by atoms with Crippen molar-refractivity contribution < 1.29 is 14.0 Å². The molecule has 0 amide bonds. The molecule has 1 aliphatic carbocycles. The first-order valence-electron chi connectivity index (χ1n) is 7.92. The van der Waals surface area contributed by atoms with Crippen molar-refractivity contribution in [3.05, 3.63) is 0 Å². The maximum Gasteiger partial charge on any atom is 0.382 e. The van der Waals surface area contributed by atoms with Crippen molar-refractivity contribution in [1.82, 2.24) is 0 Å². The van der Waals surface area contributed by atoms with Crippen LogP contribution in [0.5, 0.6) is 0 Å². The Labute approximate surface area is 119 Å². The highest BCUT2D eigenvalue weighted by Gasteiger charge is 2.43. The van der Waals surface area contributed by atoms with Gasteiger partial charge in [0, 0.05) is 18.3 Å². The molecule has 1 saturated carbocycles. The summed E-state index contributed by atoms with van der Waals surface area (Å²) in [6.45, 7) is 13.0. The zero-order valence-corrected chi connectivity index (χ0v) is 13.8. The van der Waals surface area contributed by atoms with E-state index in [1.807, 2.05) is 0 Å².